The highest BCUT2D eigenvalue weighted by molar-refractivity contribution is 6.01. The number of benzene rings is 2. The molecule has 1 aromatic heterocycles. The van der Waals surface area contributed by atoms with Crippen molar-refractivity contribution in [2.75, 3.05) is 7.11 Å². The van der Waals surface area contributed by atoms with Gasteiger partial charge in [-0.05, 0) is 23.8 Å². The first-order valence-corrected chi connectivity index (χ1v) is 8.21. The van der Waals surface area contributed by atoms with Crippen molar-refractivity contribution >= 4 is 22.8 Å². The van der Waals surface area contributed by atoms with Crippen molar-refractivity contribution in [3.8, 4) is 5.75 Å². The monoisotopic (exact) mass is 352 g/mol. The molecule has 0 bridgehead atoms. The molecule has 0 aliphatic carbocycles. The zero-order chi connectivity index (χ0) is 18.7. The van der Waals surface area contributed by atoms with Crippen LogP contribution in [-0.2, 0) is 23.0 Å². The van der Waals surface area contributed by atoms with Gasteiger partial charge < -0.3 is 19.7 Å². The molecule has 3 aromatic rings. The third-order valence-electron chi connectivity index (χ3n) is 4.37. The Morgan fingerprint density at radius 3 is 2.54 bits per heavy atom. The van der Waals surface area contributed by atoms with Gasteiger partial charge in [0.25, 0.3) is 5.91 Å². The Kier molecular flexibility index (Phi) is 4.93. The first kappa shape index (κ1) is 17.5. The van der Waals surface area contributed by atoms with Crippen molar-refractivity contribution in [3.63, 3.8) is 0 Å². The molecule has 0 fully saturated rings. The fraction of sp³-hybridized carbons (Fsp3) is 0.200. The third-order valence-corrected chi connectivity index (χ3v) is 4.37. The lowest BCUT2D eigenvalue weighted by molar-refractivity contribution is -0.142. The molecule has 0 saturated carbocycles. The molecule has 6 nitrogen and oxygen atoms in total. The standard InChI is InChI=1S/C20H20N2O4/c1-22-16-9-6-10-18(23)14(16)12-17(22)19(24)21-15(20(25)26-2)11-13-7-4-3-5-8-13/h3-10,12,15,23H,11H2,1-2H3,(H,21,24). The van der Waals surface area contributed by atoms with Crippen LogP contribution in [-0.4, -0.2) is 34.7 Å². The normalized spacial score (nSPS) is 11.9. The van der Waals surface area contributed by atoms with Crippen LogP contribution < -0.4 is 5.32 Å². The molecule has 1 heterocycles. The van der Waals surface area contributed by atoms with Crippen LogP contribution in [0, 0.1) is 0 Å². The number of aromatic nitrogens is 1. The number of esters is 1. The first-order chi connectivity index (χ1) is 12.5. The molecular formula is C20H20N2O4. The summed E-state index contributed by atoms with van der Waals surface area (Å²) in [4.78, 5) is 24.9. The second-order valence-corrected chi connectivity index (χ2v) is 6.04. The number of amides is 1. The number of nitrogens with one attached hydrogen (secondary N) is 1. The van der Waals surface area contributed by atoms with E-state index in [-0.39, 0.29) is 5.75 Å². The number of hydrogen-bond donors (Lipinski definition) is 2. The Morgan fingerprint density at radius 2 is 1.88 bits per heavy atom. The van der Waals surface area contributed by atoms with Crippen molar-refractivity contribution < 1.29 is 19.4 Å². The Labute approximate surface area is 151 Å². The Hall–Kier alpha value is -3.28. The number of carbonyl (C=O) groups excluding carboxylic acids is 2. The minimum absolute atomic E-state index is 0.103. The van der Waals surface area contributed by atoms with Crippen LogP contribution >= 0.6 is 0 Å². The van der Waals surface area contributed by atoms with Gasteiger partial charge in [0.05, 0.1) is 12.6 Å². The molecule has 2 aromatic carbocycles. The largest absolute Gasteiger partial charge is 0.507 e. The van der Waals surface area contributed by atoms with Crippen LogP contribution in [0.5, 0.6) is 5.75 Å². The fourth-order valence-corrected chi connectivity index (χ4v) is 2.98. The zero-order valence-electron chi connectivity index (χ0n) is 14.6. The molecule has 3 rings (SSSR count). The molecule has 1 amide bonds. The van der Waals surface area contributed by atoms with Crippen molar-refractivity contribution in [2.24, 2.45) is 7.05 Å². The van der Waals surface area contributed by atoms with Crippen molar-refractivity contribution in [3.05, 3.63) is 65.9 Å². The average Bonchev–Trinajstić information content (AvgIpc) is 3.00. The van der Waals surface area contributed by atoms with Crippen LogP contribution in [0.2, 0.25) is 0 Å². The maximum atomic E-state index is 12.7. The van der Waals surface area contributed by atoms with Crippen molar-refractivity contribution in [1.29, 1.82) is 0 Å². The van der Waals surface area contributed by atoms with E-state index in [1.807, 2.05) is 36.4 Å². The van der Waals surface area contributed by atoms with Gasteiger partial charge in [-0.15, -0.1) is 0 Å². The van der Waals surface area contributed by atoms with Gasteiger partial charge in [-0.2, -0.15) is 0 Å². The van der Waals surface area contributed by atoms with Gasteiger partial charge in [-0.25, -0.2) is 4.79 Å². The van der Waals surface area contributed by atoms with Crippen molar-refractivity contribution in [2.45, 2.75) is 12.5 Å². The van der Waals surface area contributed by atoms with Crippen molar-refractivity contribution in [1.82, 2.24) is 9.88 Å². The van der Waals surface area contributed by atoms with E-state index < -0.39 is 17.9 Å². The van der Waals surface area contributed by atoms with Gasteiger partial charge in [-0.3, -0.25) is 4.79 Å². The number of rotatable bonds is 5. The number of aromatic hydroxyl groups is 1. The highest BCUT2D eigenvalue weighted by Crippen LogP contribution is 2.27. The number of fused-ring (bicyclic) bond motifs is 1. The van der Waals surface area contributed by atoms with E-state index in [1.54, 1.807) is 29.8 Å². The number of ether oxygens (including phenoxy) is 1. The number of methoxy groups -OCH3 is 1. The van der Waals surface area contributed by atoms with Crippen LogP contribution in [0.15, 0.2) is 54.6 Å². The van der Waals surface area contributed by atoms with Crippen LogP contribution in [0.25, 0.3) is 10.9 Å². The summed E-state index contributed by atoms with van der Waals surface area (Å²) in [6, 6.07) is 15.3. The number of aryl methyl sites for hydroxylation is 1. The zero-order valence-corrected chi connectivity index (χ0v) is 14.6. The van der Waals surface area contributed by atoms with Crippen LogP contribution in [0.3, 0.4) is 0 Å². The Morgan fingerprint density at radius 1 is 1.15 bits per heavy atom. The predicted octanol–water partition coefficient (Wildman–Crippen LogP) is 2.40. The Bertz CT molecular complexity index is 947. The summed E-state index contributed by atoms with van der Waals surface area (Å²) in [7, 11) is 3.03. The minimum Gasteiger partial charge on any atom is -0.507 e. The molecule has 0 saturated heterocycles. The molecular weight excluding hydrogens is 332 g/mol. The summed E-state index contributed by atoms with van der Waals surface area (Å²) in [6.07, 6.45) is 0.328. The van der Waals surface area contributed by atoms with E-state index in [0.717, 1.165) is 11.1 Å². The maximum Gasteiger partial charge on any atom is 0.328 e. The maximum absolute atomic E-state index is 12.7. The van der Waals surface area contributed by atoms with E-state index >= 15 is 0 Å². The van der Waals surface area contributed by atoms with Gasteiger partial charge in [0.1, 0.15) is 17.5 Å². The second kappa shape index (κ2) is 7.31. The minimum atomic E-state index is -0.804. The first-order valence-electron chi connectivity index (χ1n) is 8.21. The molecule has 0 spiro atoms. The molecule has 26 heavy (non-hydrogen) atoms. The second-order valence-electron chi connectivity index (χ2n) is 6.04. The van der Waals surface area contributed by atoms with Gasteiger partial charge in [0, 0.05) is 18.9 Å². The summed E-state index contributed by atoms with van der Waals surface area (Å²) in [5.74, 6) is -0.816. The topological polar surface area (TPSA) is 80.6 Å². The molecule has 0 aliphatic rings. The van der Waals surface area contributed by atoms with E-state index in [2.05, 4.69) is 5.32 Å². The van der Waals surface area contributed by atoms with E-state index in [4.69, 9.17) is 4.74 Å². The fourth-order valence-electron chi connectivity index (χ4n) is 2.98. The molecule has 134 valence electrons. The van der Waals surface area contributed by atoms with Gasteiger partial charge >= 0.3 is 5.97 Å². The third kappa shape index (κ3) is 3.39. The lowest BCUT2D eigenvalue weighted by atomic mass is 10.1. The number of phenols is 1. The summed E-state index contributed by atoms with van der Waals surface area (Å²) < 4.78 is 6.51. The van der Waals surface area contributed by atoms with Crippen LogP contribution in [0.1, 0.15) is 16.1 Å². The summed E-state index contributed by atoms with van der Waals surface area (Å²) in [5.41, 5.74) is 1.99. The Balaban J connectivity index is 1.87. The summed E-state index contributed by atoms with van der Waals surface area (Å²) in [6.45, 7) is 0. The molecule has 2 N–H and O–H groups in total. The van der Waals surface area contributed by atoms with Gasteiger partial charge in [0.15, 0.2) is 0 Å². The predicted molar refractivity (Wildman–Crippen MR) is 98.0 cm³/mol. The highest BCUT2D eigenvalue weighted by Gasteiger charge is 2.24. The van der Waals surface area contributed by atoms with E-state index in [9.17, 15) is 14.7 Å². The van der Waals surface area contributed by atoms with Gasteiger partial charge in [-0.1, -0.05) is 36.4 Å². The number of carbonyl (C=O) groups is 2. The lowest BCUT2D eigenvalue weighted by Crippen LogP contribution is -2.43. The summed E-state index contributed by atoms with van der Waals surface area (Å²) in [5, 5.41) is 13.3. The SMILES string of the molecule is COC(=O)C(Cc1ccccc1)NC(=O)c1cc2c(O)cccc2n1C. The quantitative estimate of drug-likeness (QED) is 0.691. The molecule has 0 aliphatic heterocycles. The molecule has 1 unspecified atom stereocenters. The number of hydrogen-bond acceptors (Lipinski definition) is 4. The van der Waals surface area contributed by atoms with Crippen LogP contribution in [0.4, 0.5) is 0 Å². The number of phenolic OH excluding ortho intramolecular Hbond substituents is 1. The number of nitrogens with zero attached hydrogens (tertiary/aromatic N) is 1. The molecule has 6 heteroatoms. The van der Waals surface area contributed by atoms with E-state index in [1.165, 1.54) is 7.11 Å². The molecule has 0 radical (unpaired) electrons. The lowest BCUT2D eigenvalue weighted by Gasteiger charge is -2.17. The summed E-state index contributed by atoms with van der Waals surface area (Å²) >= 11 is 0. The molecule has 1 atom stereocenters. The van der Waals surface area contributed by atoms with E-state index in [0.29, 0.717) is 17.5 Å². The highest BCUT2D eigenvalue weighted by atomic mass is 16.5. The van der Waals surface area contributed by atoms with Gasteiger partial charge in [0.2, 0.25) is 0 Å². The smallest absolute Gasteiger partial charge is 0.328 e. The average molecular weight is 352 g/mol.